The van der Waals surface area contributed by atoms with Gasteiger partial charge in [-0.3, -0.25) is 4.79 Å². The molecule has 0 heterocycles. The summed E-state index contributed by atoms with van der Waals surface area (Å²) in [7, 11) is 0. The molecule has 0 saturated heterocycles. The van der Waals surface area contributed by atoms with Crippen LogP contribution in [-0.4, -0.2) is 23.9 Å². The molecule has 0 aromatic rings. The Hall–Kier alpha value is -1.59. The molecule has 0 radical (unpaired) electrons. The largest absolute Gasteiger partial charge is 0.550 e. The summed E-state index contributed by atoms with van der Waals surface area (Å²) in [5, 5.41) is 22.6. The van der Waals surface area contributed by atoms with Gasteiger partial charge in [0, 0.05) is 12.9 Å². The van der Waals surface area contributed by atoms with Crippen LogP contribution in [0.15, 0.2) is 0 Å². The number of carboxylic acids is 2. The number of aliphatic carboxylic acids is 2. The van der Waals surface area contributed by atoms with Gasteiger partial charge >= 0.3 is 0 Å². The molecule has 1 amide bonds. The summed E-state index contributed by atoms with van der Waals surface area (Å²) in [5.74, 6) is -3.16. The van der Waals surface area contributed by atoms with Gasteiger partial charge in [0.2, 0.25) is 5.91 Å². The fourth-order valence-electron chi connectivity index (χ4n) is 0.945. The van der Waals surface area contributed by atoms with E-state index in [2.05, 4.69) is 5.32 Å². The molecule has 0 spiro atoms. The smallest absolute Gasteiger partial charge is 0.217 e. The van der Waals surface area contributed by atoms with Crippen molar-refractivity contribution in [2.45, 2.75) is 32.2 Å². The van der Waals surface area contributed by atoms with Crippen molar-refractivity contribution in [3.05, 3.63) is 0 Å². The highest BCUT2D eigenvalue weighted by atomic mass is 16.4. The zero-order chi connectivity index (χ0) is 11.1. The number of amides is 1. The number of hydrogen-bond acceptors (Lipinski definition) is 5. The molecule has 0 aliphatic heterocycles. The minimum absolute atomic E-state index is 0.0237. The lowest BCUT2D eigenvalue weighted by molar-refractivity contribution is -0.310. The summed E-state index contributed by atoms with van der Waals surface area (Å²) < 4.78 is 0. The maximum Gasteiger partial charge on any atom is 0.217 e. The van der Waals surface area contributed by atoms with Gasteiger partial charge in [0.15, 0.2) is 0 Å². The van der Waals surface area contributed by atoms with E-state index < -0.39 is 23.9 Å². The first-order chi connectivity index (χ1) is 6.43. The van der Waals surface area contributed by atoms with E-state index in [0.717, 1.165) is 0 Å². The lowest BCUT2D eigenvalue weighted by Crippen LogP contribution is -2.47. The van der Waals surface area contributed by atoms with Crippen LogP contribution in [0.25, 0.3) is 0 Å². The molecule has 14 heavy (non-hydrogen) atoms. The molecule has 6 nitrogen and oxygen atoms in total. The number of carbonyl (C=O) groups excluding carboxylic acids is 3. The van der Waals surface area contributed by atoms with Gasteiger partial charge < -0.3 is 25.1 Å². The van der Waals surface area contributed by atoms with E-state index in [1.54, 1.807) is 0 Å². The van der Waals surface area contributed by atoms with Crippen LogP contribution < -0.4 is 15.5 Å². The molecule has 0 bridgehead atoms. The fourth-order valence-corrected chi connectivity index (χ4v) is 0.945. The summed E-state index contributed by atoms with van der Waals surface area (Å²) in [4.78, 5) is 31.0. The molecule has 1 N–H and O–H groups in total. The summed E-state index contributed by atoms with van der Waals surface area (Å²) in [5.41, 5.74) is 0. The Morgan fingerprint density at radius 3 is 2.21 bits per heavy atom. The topological polar surface area (TPSA) is 109 Å². The van der Waals surface area contributed by atoms with Crippen molar-refractivity contribution in [3.63, 3.8) is 0 Å². The number of nitrogens with one attached hydrogen (secondary N) is 1. The average Bonchev–Trinajstić information content (AvgIpc) is 2.00. The average molecular weight is 201 g/mol. The molecule has 0 aliphatic rings. The minimum Gasteiger partial charge on any atom is -0.550 e. The zero-order valence-electron chi connectivity index (χ0n) is 7.74. The van der Waals surface area contributed by atoms with Crippen molar-refractivity contribution in [2.75, 3.05) is 0 Å². The van der Waals surface area contributed by atoms with Gasteiger partial charge in [-0.05, 0) is 19.3 Å². The molecule has 0 unspecified atom stereocenters. The van der Waals surface area contributed by atoms with Gasteiger partial charge in [-0.25, -0.2) is 0 Å². The first kappa shape index (κ1) is 12.4. The molecule has 1 atom stereocenters. The van der Waals surface area contributed by atoms with Crippen molar-refractivity contribution in [1.29, 1.82) is 0 Å². The van der Waals surface area contributed by atoms with E-state index in [4.69, 9.17) is 0 Å². The SMILES string of the molecule is CC(=O)N[C@@H](CCCC(=O)[O-])C(=O)[O-]. The zero-order valence-corrected chi connectivity index (χ0v) is 7.74. The highest BCUT2D eigenvalue weighted by molar-refractivity contribution is 5.81. The predicted molar refractivity (Wildman–Crippen MR) is 41.5 cm³/mol. The van der Waals surface area contributed by atoms with Gasteiger partial charge in [-0.15, -0.1) is 0 Å². The fraction of sp³-hybridized carbons (Fsp3) is 0.625. The molecule has 0 aliphatic carbocycles. The Morgan fingerprint density at radius 2 is 1.86 bits per heavy atom. The second-order valence-electron chi connectivity index (χ2n) is 2.84. The van der Waals surface area contributed by atoms with E-state index in [9.17, 15) is 24.6 Å². The lowest BCUT2D eigenvalue weighted by atomic mass is 10.1. The van der Waals surface area contributed by atoms with Crippen molar-refractivity contribution in [3.8, 4) is 0 Å². The maximum atomic E-state index is 10.5. The molecule has 0 rings (SSSR count). The minimum atomic E-state index is -1.42. The lowest BCUT2D eigenvalue weighted by Gasteiger charge is -2.18. The Balaban J connectivity index is 3.91. The van der Waals surface area contributed by atoms with Gasteiger partial charge in [0.25, 0.3) is 0 Å². The molecule has 6 heteroatoms. The number of carboxylic acid groups (broad SMARTS) is 2. The Kier molecular flexibility index (Phi) is 5.28. The summed E-state index contributed by atoms with van der Waals surface area (Å²) in [6, 6.07) is -1.13. The third kappa shape index (κ3) is 5.99. The van der Waals surface area contributed by atoms with Crippen LogP contribution in [-0.2, 0) is 14.4 Å². The van der Waals surface area contributed by atoms with Gasteiger partial charge in [0.05, 0.1) is 12.0 Å². The third-order valence-electron chi connectivity index (χ3n) is 1.54. The van der Waals surface area contributed by atoms with Crippen molar-refractivity contribution in [2.24, 2.45) is 0 Å². The van der Waals surface area contributed by atoms with Crippen LogP contribution in [0, 0.1) is 0 Å². The summed E-state index contributed by atoms with van der Waals surface area (Å²) in [6.45, 7) is 1.18. The van der Waals surface area contributed by atoms with Crippen LogP contribution in [0.5, 0.6) is 0 Å². The van der Waals surface area contributed by atoms with Crippen molar-refractivity contribution in [1.82, 2.24) is 5.32 Å². The highest BCUT2D eigenvalue weighted by Gasteiger charge is 2.10. The summed E-state index contributed by atoms with van der Waals surface area (Å²) in [6.07, 6.45) is -0.0828. The van der Waals surface area contributed by atoms with E-state index in [1.807, 2.05) is 0 Å². The number of rotatable bonds is 6. The quantitative estimate of drug-likeness (QED) is 0.497. The Morgan fingerprint density at radius 1 is 1.29 bits per heavy atom. The first-order valence-corrected chi connectivity index (χ1v) is 4.11. The van der Waals surface area contributed by atoms with E-state index in [0.29, 0.717) is 0 Å². The van der Waals surface area contributed by atoms with Crippen LogP contribution in [0.1, 0.15) is 26.2 Å². The van der Waals surface area contributed by atoms with Crippen LogP contribution in [0.2, 0.25) is 0 Å². The van der Waals surface area contributed by atoms with Crippen LogP contribution >= 0.6 is 0 Å². The standard InChI is InChI=1S/C8H13NO5/c1-5(10)9-6(8(13)14)3-2-4-7(11)12/h6H,2-4H2,1H3,(H,9,10)(H,11,12)(H,13,14)/p-2/t6-/m0/s1. The van der Waals surface area contributed by atoms with Gasteiger partial charge in [-0.1, -0.05) is 0 Å². The number of hydrogen-bond donors (Lipinski definition) is 1. The third-order valence-corrected chi connectivity index (χ3v) is 1.54. The van der Waals surface area contributed by atoms with Crippen LogP contribution in [0.3, 0.4) is 0 Å². The Bertz CT molecular complexity index is 238. The second-order valence-corrected chi connectivity index (χ2v) is 2.84. The van der Waals surface area contributed by atoms with Crippen molar-refractivity contribution >= 4 is 17.8 Å². The van der Waals surface area contributed by atoms with E-state index in [-0.39, 0.29) is 19.3 Å². The molecule has 0 fully saturated rings. The van der Waals surface area contributed by atoms with Crippen molar-refractivity contribution < 1.29 is 24.6 Å². The summed E-state index contributed by atoms with van der Waals surface area (Å²) >= 11 is 0. The normalized spacial score (nSPS) is 11.8. The highest BCUT2D eigenvalue weighted by Crippen LogP contribution is 1.99. The molecular formula is C8H11NO5-2. The van der Waals surface area contributed by atoms with Gasteiger partial charge in [0.1, 0.15) is 0 Å². The van der Waals surface area contributed by atoms with E-state index >= 15 is 0 Å². The second kappa shape index (κ2) is 5.95. The van der Waals surface area contributed by atoms with Crippen LogP contribution in [0.4, 0.5) is 0 Å². The molecule has 80 valence electrons. The molecule has 0 aromatic carbocycles. The molecule has 0 aromatic heterocycles. The molecular weight excluding hydrogens is 190 g/mol. The monoisotopic (exact) mass is 201 g/mol. The predicted octanol–water partition coefficient (Wildman–Crippen LogP) is -2.84. The van der Waals surface area contributed by atoms with E-state index in [1.165, 1.54) is 6.92 Å². The maximum absolute atomic E-state index is 10.5. The number of carbonyl (C=O) groups is 3. The first-order valence-electron chi connectivity index (χ1n) is 4.11. The van der Waals surface area contributed by atoms with Gasteiger partial charge in [-0.2, -0.15) is 0 Å². The molecule has 0 saturated carbocycles. The Labute approximate surface area is 80.9 Å².